The number of carbonyl (C=O) groups excluding carboxylic acids is 2. The van der Waals surface area contributed by atoms with Gasteiger partial charge in [-0.15, -0.1) is 0 Å². The molecule has 1 aliphatic rings. The van der Waals surface area contributed by atoms with Crippen molar-refractivity contribution in [1.82, 2.24) is 20.9 Å². The Hall–Kier alpha value is -2.57. The second-order valence-corrected chi connectivity index (χ2v) is 7.08. The molecule has 0 spiro atoms. The van der Waals surface area contributed by atoms with Crippen molar-refractivity contribution >= 4 is 17.8 Å². The summed E-state index contributed by atoms with van der Waals surface area (Å²) >= 11 is 0. The Labute approximate surface area is 161 Å². The van der Waals surface area contributed by atoms with Gasteiger partial charge in [0.1, 0.15) is 0 Å². The molecule has 2 rings (SSSR count). The van der Waals surface area contributed by atoms with Crippen molar-refractivity contribution in [1.29, 1.82) is 0 Å². The van der Waals surface area contributed by atoms with Crippen LogP contribution in [-0.2, 0) is 11.3 Å². The highest BCUT2D eigenvalue weighted by molar-refractivity contribution is 5.97. The summed E-state index contributed by atoms with van der Waals surface area (Å²) in [6.07, 6.45) is 1.09. The van der Waals surface area contributed by atoms with E-state index in [-0.39, 0.29) is 18.4 Å². The average Bonchev–Trinajstić information content (AvgIpc) is 2.65. The third-order valence-corrected chi connectivity index (χ3v) is 4.30. The lowest BCUT2D eigenvalue weighted by molar-refractivity contribution is -0.123. The molecule has 148 valence electrons. The Morgan fingerprint density at radius 2 is 2.00 bits per heavy atom. The number of hydrogen-bond donors (Lipinski definition) is 3. The third kappa shape index (κ3) is 6.92. The summed E-state index contributed by atoms with van der Waals surface area (Å²) in [6, 6.07) is 7.44. The summed E-state index contributed by atoms with van der Waals surface area (Å²) < 4.78 is 0. The van der Waals surface area contributed by atoms with Gasteiger partial charge in [-0.2, -0.15) is 0 Å². The minimum Gasteiger partial charge on any atom is -0.357 e. The molecule has 1 fully saturated rings. The van der Waals surface area contributed by atoms with Gasteiger partial charge in [0.2, 0.25) is 5.91 Å². The zero-order valence-corrected chi connectivity index (χ0v) is 16.5. The maximum Gasteiger partial charge on any atom is 0.254 e. The second-order valence-electron chi connectivity index (χ2n) is 7.08. The normalized spacial score (nSPS) is 14.9. The number of carbonyl (C=O) groups is 2. The van der Waals surface area contributed by atoms with E-state index in [2.05, 4.69) is 34.8 Å². The van der Waals surface area contributed by atoms with Gasteiger partial charge in [-0.1, -0.05) is 26.0 Å². The van der Waals surface area contributed by atoms with Crippen molar-refractivity contribution in [3.8, 4) is 0 Å². The highest BCUT2D eigenvalue weighted by Gasteiger charge is 2.21. The Kier molecular flexibility index (Phi) is 8.10. The molecule has 7 nitrogen and oxygen atoms in total. The van der Waals surface area contributed by atoms with E-state index in [4.69, 9.17) is 0 Å². The number of nitrogens with one attached hydrogen (secondary N) is 3. The molecule has 0 saturated carbocycles. The fraction of sp³-hybridized carbons (Fsp3) is 0.550. The number of rotatable bonds is 7. The van der Waals surface area contributed by atoms with Crippen LogP contribution in [-0.4, -0.2) is 55.4 Å². The van der Waals surface area contributed by atoms with Crippen molar-refractivity contribution in [2.24, 2.45) is 10.9 Å². The van der Waals surface area contributed by atoms with Crippen LogP contribution in [0.25, 0.3) is 0 Å². The van der Waals surface area contributed by atoms with Crippen molar-refractivity contribution < 1.29 is 9.59 Å². The molecule has 27 heavy (non-hydrogen) atoms. The molecule has 0 bridgehead atoms. The summed E-state index contributed by atoms with van der Waals surface area (Å²) in [6.45, 7) is 9.86. The van der Waals surface area contributed by atoms with Gasteiger partial charge >= 0.3 is 0 Å². The minimum absolute atomic E-state index is 0.108. The van der Waals surface area contributed by atoms with Crippen molar-refractivity contribution in [3.63, 3.8) is 0 Å². The van der Waals surface area contributed by atoms with Gasteiger partial charge in [0.15, 0.2) is 5.96 Å². The summed E-state index contributed by atoms with van der Waals surface area (Å²) in [7, 11) is 0. The van der Waals surface area contributed by atoms with E-state index in [1.54, 1.807) is 17.0 Å². The largest absolute Gasteiger partial charge is 0.357 e. The van der Waals surface area contributed by atoms with Crippen LogP contribution in [0.15, 0.2) is 29.3 Å². The van der Waals surface area contributed by atoms with Gasteiger partial charge in [-0.3, -0.25) is 9.59 Å². The number of piperazine rings is 1. The lowest BCUT2D eigenvalue weighted by atomic mass is 10.1. The Morgan fingerprint density at radius 3 is 2.63 bits per heavy atom. The van der Waals surface area contributed by atoms with E-state index in [1.165, 1.54) is 0 Å². The first-order valence-corrected chi connectivity index (χ1v) is 9.66. The van der Waals surface area contributed by atoms with E-state index in [1.807, 2.05) is 19.1 Å². The standard InChI is InChI=1S/C20H31N5O2/c1-4-21-20(23-10-9-15(2)3)24-13-16-5-7-17(8-6-16)19(27)25-12-11-22-18(26)14-25/h5-8,15H,4,9-14H2,1-3H3,(H,22,26)(H2,21,23,24). The predicted octanol–water partition coefficient (Wildman–Crippen LogP) is 1.36. The van der Waals surface area contributed by atoms with Gasteiger partial charge in [0.25, 0.3) is 5.91 Å². The summed E-state index contributed by atoms with van der Waals surface area (Å²) in [5.41, 5.74) is 1.63. The number of hydrogen-bond acceptors (Lipinski definition) is 3. The van der Waals surface area contributed by atoms with Crippen LogP contribution in [0.2, 0.25) is 0 Å². The van der Waals surface area contributed by atoms with Crippen LogP contribution in [0.5, 0.6) is 0 Å². The van der Waals surface area contributed by atoms with Crippen LogP contribution >= 0.6 is 0 Å². The molecule has 0 aliphatic carbocycles. The number of benzene rings is 1. The van der Waals surface area contributed by atoms with Crippen molar-refractivity contribution in [2.45, 2.75) is 33.7 Å². The van der Waals surface area contributed by atoms with Crippen molar-refractivity contribution in [3.05, 3.63) is 35.4 Å². The zero-order valence-electron chi connectivity index (χ0n) is 16.5. The van der Waals surface area contributed by atoms with E-state index >= 15 is 0 Å². The molecular formula is C20H31N5O2. The average molecular weight is 374 g/mol. The Bertz CT molecular complexity index is 655. The SMILES string of the molecule is CCNC(=NCc1ccc(C(=O)N2CCNC(=O)C2)cc1)NCCC(C)C. The molecule has 0 unspecified atom stereocenters. The van der Waals surface area contributed by atoms with Gasteiger partial charge in [0, 0.05) is 31.7 Å². The number of aliphatic imine (C=N–C) groups is 1. The van der Waals surface area contributed by atoms with Crippen LogP contribution in [0, 0.1) is 5.92 Å². The molecule has 0 aromatic heterocycles. The molecule has 7 heteroatoms. The molecule has 0 atom stereocenters. The molecule has 1 aliphatic heterocycles. The van der Waals surface area contributed by atoms with Gasteiger partial charge in [0.05, 0.1) is 13.1 Å². The Balaban J connectivity index is 1.92. The molecule has 3 N–H and O–H groups in total. The molecule has 0 radical (unpaired) electrons. The second kappa shape index (κ2) is 10.5. The topological polar surface area (TPSA) is 85.8 Å². The highest BCUT2D eigenvalue weighted by atomic mass is 16.2. The monoisotopic (exact) mass is 373 g/mol. The third-order valence-electron chi connectivity index (χ3n) is 4.30. The highest BCUT2D eigenvalue weighted by Crippen LogP contribution is 2.10. The van der Waals surface area contributed by atoms with E-state index < -0.39 is 0 Å². The molecule has 1 saturated heterocycles. The maximum absolute atomic E-state index is 12.5. The van der Waals surface area contributed by atoms with Gasteiger partial charge in [-0.25, -0.2) is 4.99 Å². The summed E-state index contributed by atoms with van der Waals surface area (Å²) in [5.74, 6) is 1.24. The van der Waals surface area contributed by atoms with Gasteiger partial charge in [-0.05, 0) is 37.0 Å². The number of amides is 2. The summed E-state index contributed by atoms with van der Waals surface area (Å²) in [4.78, 5) is 30.1. The first kappa shape index (κ1) is 20.7. The van der Waals surface area contributed by atoms with Crippen LogP contribution in [0.4, 0.5) is 0 Å². The minimum atomic E-state index is -0.110. The van der Waals surface area contributed by atoms with Crippen LogP contribution in [0.1, 0.15) is 43.1 Å². The first-order valence-electron chi connectivity index (χ1n) is 9.66. The lowest BCUT2D eigenvalue weighted by Crippen LogP contribution is -2.49. The first-order chi connectivity index (χ1) is 13.0. The van der Waals surface area contributed by atoms with Crippen LogP contribution in [0.3, 0.4) is 0 Å². The van der Waals surface area contributed by atoms with E-state index in [0.29, 0.717) is 31.1 Å². The Morgan fingerprint density at radius 1 is 1.26 bits per heavy atom. The number of guanidine groups is 1. The van der Waals surface area contributed by atoms with E-state index in [9.17, 15) is 9.59 Å². The maximum atomic E-state index is 12.5. The molecule has 1 heterocycles. The molecule has 2 amide bonds. The molecule has 1 aromatic rings. The van der Waals surface area contributed by atoms with Crippen molar-refractivity contribution in [2.75, 3.05) is 32.7 Å². The van der Waals surface area contributed by atoms with E-state index in [0.717, 1.165) is 31.0 Å². The summed E-state index contributed by atoms with van der Waals surface area (Å²) in [5, 5.41) is 9.31. The molecule has 1 aromatic carbocycles. The number of nitrogens with zero attached hydrogens (tertiary/aromatic N) is 2. The zero-order chi connectivity index (χ0) is 19.6. The predicted molar refractivity (Wildman–Crippen MR) is 108 cm³/mol. The van der Waals surface area contributed by atoms with Gasteiger partial charge < -0.3 is 20.9 Å². The smallest absolute Gasteiger partial charge is 0.254 e. The molecular weight excluding hydrogens is 342 g/mol. The van der Waals surface area contributed by atoms with Crippen LogP contribution < -0.4 is 16.0 Å². The fourth-order valence-electron chi connectivity index (χ4n) is 2.74. The quantitative estimate of drug-likeness (QED) is 0.498. The fourth-order valence-corrected chi connectivity index (χ4v) is 2.74. The lowest BCUT2D eigenvalue weighted by Gasteiger charge is -2.26.